The molecule has 14 N–H and O–H groups in total. The number of carboxylic acid groups (broad SMARTS) is 6. The molecule has 2 aromatic rings. The number of nitrogens with zero attached hydrogens (tertiary/aromatic N) is 2. The van der Waals surface area contributed by atoms with Crippen molar-refractivity contribution in [3.05, 3.63) is 67.6 Å². The Kier molecular flexibility index (Phi) is 30.8. The zero-order valence-corrected chi connectivity index (χ0v) is 40.6. The molecule has 2 heterocycles. The van der Waals surface area contributed by atoms with E-state index in [1.807, 2.05) is 36.4 Å². The number of benzene rings is 2. The van der Waals surface area contributed by atoms with E-state index in [4.69, 9.17) is 108 Å². The molecule has 4 rings (SSSR count). The van der Waals surface area contributed by atoms with E-state index < -0.39 is 72.4 Å². The first-order chi connectivity index (χ1) is 31.5. The van der Waals surface area contributed by atoms with Crippen molar-refractivity contribution in [3.8, 4) is 0 Å². The second kappa shape index (κ2) is 32.8. The van der Waals surface area contributed by atoms with Crippen molar-refractivity contribution in [1.82, 2.24) is 20.4 Å². The largest absolute Gasteiger partial charge is 0.479 e. The summed E-state index contributed by atoms with van der Waals surface area (Å²) < 4.78 is 0. The average molecular weight is 1050 g/mol. The van der Waals surface area contributed by atoms with Crippen molar-refractivity contribution in [2.75, 3.05) is 39.3 Å². The normalized spacial score (nSPS) is 17.9. The van der Waals surface area contributed by atoms with Crippen molar-refractivity contribution in [1.29, 1.82) is 0 Å². The number of hydrogen-bond donors (Lipinski definition) is 14. The van der Waals surface area contributed by atoms with Crippen molar-refractivity contribution in [3.63, 3.8) is 0 Å². The molecule has 0 radical (unpaired) electrons. The highest BCUT2D eigenvalue weighted by Gasteiger charge is 2.31. The summed E-state index contributed by atoms with van der Waals surface area (Å²) in [5, 5.41) is 107. The van der Waals surface area contributed by atoms with Gasteiger partial charge in [0.15, 0.2) is 36.6 Å². The summed E-state index contributed by atoms with van der Waals surface area (Å²) >= 11 is 24.5. The SMILES string of the molecule is CC(C)CN(Cc1ccc(Cl)cc1Cl)[C@H]1CCNC1.CC(C)CN(Cc1ccc(Cl)cc1Cl)[C@H]1CCNC1.O=C(O)[C@@H](O)[C@H](O)C(=O)O.O=C(O)[C@@H](O)[C@H](O)C(=O)O.O=C(O)[C@@H](O)[C@H](O)C(=O)O. The number of carbonyl (C=O) groups is 6. The lowest BCUT2D eigenvalue weighted by molar-refractivity contribution is -0.165. The summed E-state index contributed by atoms with van der Waals surface area (Å²) in [5.74, 6) is -9.29. The number of rotatable bonds is 19. The van der Waals surface area contributed by atoms with Crippen molar-refractivity contribution in [2.24, 2.45) is 11.8 Å². The van der Waals surface area contributed by atoms with Crippen LogP contribution in [0.2, 0.25) is 20.1 Å². The highest BCUT2D eigenvalue weighted by Crippen LogP contribution is 2.26. The molecule has 0 saturated carbocycles. The molecular weight excluding hydrogens is 990 g/mol. The summed E-state index contributed by atoms with van der Waals surface area (Å²) in [4.78, 5) is 63.7. The van der Waals surface area contributed by atoms with Crippen LogP contribution in [-0.2, 0) is 41.9 Å². The smallest absolute Gasteiger partial charge is 0.335 e. The molecule has 2 aromatic carbocycles. The minimum atomic E-state index is -2.27. The minimum Gasteiger partial charge on any atom is -0.479 e. The van der Waals surface area contributed by atoms with E-state index in [-0.39, 0.29) is 0 Å². The Labute approximate surface area is 412 Å². The van der Waals surface area contributed by atoms with Crippen LogP contribution in [-0.4, -0.2) is 195 Å². The van der Waals surface area contributed by atoms with Crippen molar-refractivity contribution in [2.45, 2.75) is 102 Å². The van der Waals surface area contributed by atoms with E-state index in [9.17, 15) is 28.8 Å². The van der Waals surface area contributed by atoms with Crippen LogP contribution < -0.4 is 10.6 Å². The van der Waals surface area contributed by atoms with Gasteiger partial charge in [0.2, 0.25) is 0 Å². The number of aliphatic hydroxyl groups excluding tert-OH is 6. The highest BCUT2D eigenvalue weighted by atomic mass is 35.5. The molecule has 0 aliphatic carbocycles. The maximum absolute atomic E-state index is 9.77. The Balaban J connectivity index is 0.000000859. The Bertz CT molecular complexity index is 1690. The number of halogens is 4. The molecule has 2 fully saturated rings. The van der Waals surface area contributed by atoms with Crippen LogP contribution in [0.25, 0.3) is 0 Å². The molecule has 0 spiro atoms. The van der Waals surface area contributed by atoms with Crippen LogP contribution in [0.1, 0.15) is 51.7 Å². The van der Waals surface area contributed by atoms with Gasteiger partial charge in [-0.2, -0.15) is 0 Å². The van der Waals surface area contributed by atoms with Gasteiger partial charge in [0.05, 0.1) is 0 Å². The Morgan fingerprint density at radius 3 is 0.926 bits per heavy atom. The molecule has 0 bridgehead atoms. The van der Waals surface area contributed by atoms with Gasteiger partial charge in [-0.1, -0.05) is 86.2 Å². The second-order valence-electron chi connectivity index (χ2n) is 16.1. The average Bonchev–Trinajstić information content (AvgIpc) is 4.00. The van der Waals surface area contributed by atoms with Crippen molar-refractivity contribution < 1.29 is 90.0 Å². The first-order valence-electron chi connectivity index (χ1n) is 20.7. The number of carboxylic acids is 6. The maximum Gasteiger partial charge on any atom is 0.335 e. The molecule has 0 amide bonds. The maximum atomic E-state index is 9.77. The third-order valence-corrected chi connectivity index (χ3v) is 10.7. The lowest BCUT2D eigenvalue weighted by Crippen LogP contribution is -2.39. The fraction of sp³-hybridized carbons (Fsp3) is 0.571. The Morgan fingerprint density at radius 2 is 0.750 bits per heavy atom. The van der Waals surface area contributed by atoms with Crippen molar-refractivity contribution >= 4 is 82.2 Å². The highest BCUT2D eigenvalue weighted by molar-refractivity contribution is 6.35. The molecule has 26 heteroatoms. The standard InChI is InChI=1S/2C15H22Cl2N2.3C4H6O6/c2*1-11(2)9-19(14-5-6-18-8-14)10-12-3-4-13(16)7-15(12)17;3*5-1(3(7)8)2(6)4(9)10/h2*3-4,7,11,14,18H,5-6,8-10H2,1-2H3;3*1-2,5-6H,(H,7,8)(H,9,10)/t2*14-;3*1-,2-/m00000/s1. The van der Waals surface area contributed by atoms with Gasteiger partial charge in [-0.05, 0) is 73.2 Å². The Morgan fingerprint density at radius 1 is 0.500 bits per heavy atom. The zero-order valence-electron chi connectivity index (χ0n) is 37.5. The van der Waals surface area contributed by atoms with E-state index in [0.717, 1.165) is 62.4 Å². The van der Waals surface area contributed by atoms with Crippen LogP contribution in [0.4, 0.5) is 0 Å². The van der Waals surface area contributed by atoms with E-state index >= 15 is 0 Å². The van der Waals surface area contributed by atoms with Crippen LogP contribution in [0.5, 0.6) is 0 Å². The monoisotopic (exact) mass is 1050 g/mol. The molecule has 22 nitrogen and oxygen atoms in total. The minimum absolute atomic E-state index is 0.620. The predicted molar refractivity (Wildman–Crippen MR) is 248 cm³/mol. The molecule has 0 unspecified atom stereocenters. The summed E-state index contributed by atoms with van der Waals surface area (Å²) in [7, 11) is 0. The Hall–Kier alpha value is -3.98. The molecule has 0 aromatic heterocycles. The van der Waals surface area contributed by atoms with Gasteiger partial charge in [0.25, 0.3) is 0 Å². The summed E-state index contributed by atoms with van der Waals surface area (Å²) in [5.41, 5.74) is 2.33. The molecule has 2 aliphatic rings. The fourth-order valence-electron chi connectivity index (χ4n) is 6.07. The molecule has 68 heavy (non-hydrogen) atoms. The fourth-order valence-corrected chi connectivity index (χ4v) is 7.01. The van der Waals surface area contributed by atoms with Crippen LogP contribution in [0.15, 0.2) is 36.4 Å². The predicted octanol–water partition coefficient (Wildman–Crippen LogP) is 1.26. The van der Waals surface area contributed by atoms with E-state index in [1.54, 1.807) is 0 Å². The first kappa shape index (κ1) is 64.0. The zero-order chi connectivity index (χ0) is 52.6. The molecule has 8 atom stereocenters. The van der Waals surface area contributed by atoms with Crippen LogP contribution >= 0.6 is 46.4 Å². The van der Waals surface area contributed by atoms with Gasteiger partial charge < -0.3 is 71.9 Å². The van der Waals surface area contributed by atoms with Gasteiger partial charge in [-0.3, -0.25) is 9.80 Å². The second-order valence-corrected chi connectivity index (χ2v) is 17.8. The van der Waals surface area contributed by atoms with E-state index in [0.29, 0.717) is 34.0 Å². The van der Waals surface area contributed by atoms with Gasteiger partial charge in [-0.15, -0.1) is 0 Å². The van der Waals surface area contributed by atoms with Gasteiger partial charge in [0.1, 0.15) is 0 Å². The van der Waals surface area contributed by atoms with Crippen LogP contribution in [0.3, 0.4) is 0 Å². The number of hydrogen-bond acceptors (Lipinski definition) is 16. The molecular formula is C42H62Cl4N4O18. The summed E-state index contributed by atoms with van der Waals surface area (Å²) in [6.45, 7) is 17.5. The molecule has 2 aliphatic heterocycles. The number of aliphatic carboxylic acids is 6. The van der Waals surface area contributed by atoms with E-state index in [2.05, 4.69) is 48.1 Å². The third-order valence-electron chi connectivity index (χ3n) is 9.49. The summed E-state index contributed by atoms with van der Waals surface area (Å²) in [6, 6.07) is 12.8. The van der Waals surface area contributed by atoms with E-state index in [1.165, 1.54) is 24.0 Å². The quantitative estimate of drug-likeness (QED) is 0.0941. The molecule has 386 valence electrons. The van der Waals surface area contributed by atoms with Crippen LogP contribution in [0, 0.1) is 11.8 Å². The lowest BCUT2D eigenvalue weighted by atomic mass is 10.1. The van der Waals surface area contributed by atoms with Gasteiger partial charge in [0, 0.05) is 71.4 Å². The van der Waals surface area contributed by atoms with Gasteiger partial charge >= 0.3 is 35.8 Å². The first-order valence-corrected chi connectivity index (χ1v) is 22.3. The lowest BCUT2D eigenvalue weighted by Gasteiger charge is -2.30. The summed E-state index contributed by atoms with van der Waals surface area (Å²) in [6.07, 6.45) is -11.2. The number of nitrogens with one attached hydrogen (secondary N) is 2. The number of aliphatic hydroxyl groups is 6. The molecule has 2 saturated heterocycles. The topological polar surface area (TPSA) is 376 Å². The van der Waals surface area contributed by atoms with Gasteiger partial charge in [-0.25, -0.2) is 28.8 Å². The third kappa shape index (κ3) is 25.0.